The molecule has 0 spiro atoms. The highest BCUT2D eigenvalue weighted by atomic mass is 16.6. The van der Waals surface area contributed by atoms with Gasteiger partial charge in [0.25, 0.3) is 0 Å². The summed E-state index contributed by atoms with van der Waals surface area (Å²) in [7, 11) is 2.87. The smallest absolute Gasteiger partial charge is 0.163 e. The van der Waals surface area contributed by atoms with Gasteiger partial charge in [0, 0.05) is 0 Å². The van der Waals surface area contributed by atoms with Crippen LogP contribution in [0.5, 0.6) is 23.0 Å². The first-order valence-electron chi connectivity index (χ1n) is 10.2. The molecule has 0 aliphatic carbocycles. The summed E-state index contributed by atoms with van der Waals surface area (Å²) in [6, 6.07) is 9.34. The van der Waals surface area contributed by atoms with E-state index in [0.717, 1.165) is 26.4 Å². The van der Waals surface area contributed by atoms with Crippen LogP contribution >= 0.6 is 0 Å². The number of benzene rings is 2. The van der Waals surface area contributed by atoms with Crippen molar-refractivity contribution in [2.45, 2.75) is 6.42 Å². The predicted molar refractivity (Wildman–Crippen MR) is 124 cm³/mol. The fourth-order valence-electron chi connectivity index (χ4n) is 2.70. The Bertz CT molecular complexity index is 905. The molecule has 0 atom stereocenters. The van der Waals surface area contributed by atoms with Crippen LogP contribution in [-0.2, 0) is 19.1 Å². The molecule has 1 heterocycles. The summed E-state index contributed by atoms with van der Waals surface area (Å²) in [5.41, 5.74) is 1.33. The van der Waals surface area contributed by atoms with Crippen LogP contribution in [0.4, 0.5) is 0 Å². The topological polar surface area (TPSA) is 112 Å². The van der Waals surface area contributed by atoms with Gasteiger partial charge in [0.1, 0.15) is 0 Å². The van der Waals surface area contributed by atoms with E-state index in [4.69, 9.17) is 18.9 Å². The molecule has 0 saturated carbocycles. The molecule has 1 aliphatic heterocycles. The van der Waals surface area contributed by atoms with Crippen molar-refractivity contribution in [1.29, 1.82) is 0 Å². The number of carbonyl (C=O) groups is 2. The molecule has 1 fully saturated rings. The zero-order valence-corrected chi connectivity index (χ0v) is 18.7. The van der Waals surface area contributed by atoms with E-state index in [9.17, 15) is 19.8 Å². The summed E-state index contributed by atoms with van der Waals surface area (Å²) in [5.74, 6) is -0.0832. The van der Waals surface area contributed by atoms with Gasteiger partial charge in [0.05, 0.1) is 47.1 Å². The number of carbonyl (C=O) groups excluding carboxylic acids is 2. The number of phenols is 2. The molecule has 176 valence electrons. The van der Waals surface area contributed by atoms with Crippen molar-refractivity contribution in [1.82, 2.24) is 0 Å². The standard InChI is InChI=1S/C21H20O6.C4H8O2/c1-26-20-11-14(5-9-18(20)24)3-7-16(22)13-17(23)8-4-15-6-10-19(25)21(12-15)27-2;1-2-6-4-3-5-1/h3-12,24-25H,13H2,1-2H3;1-4H2/b7-3+,8-4+;. The molecule has 3 rings (SSSR count). The van der Waals surface area contributed by atoms with Crippen molar-refractivity contribution in [2.75, 3.05) is 40.6 Å². The van der Waals surface area contributed by atoms with E-state index in [1.165, 1.54) is 38.5 Å². The number of phenolic OH excluding ortho intramolecular Hbond substituents is 2. The Kier molecular flexibility index (Phi) is 10.7. The number of ether oxygens (including phenoxy) is 4. The van der Waals surface area contributed by atoms with Crippen LogP contribution in [0.1, 0.15) is 17.5 Å². The SMILES string of the molecule is C1COCCO1.COc1cc(/C=C/C(=O)CC(=O)/C=C/c2ccc(O)c(OC)c2)ccc1O. The lowest BCUT2D eigenvalue weighted by atomic mass is 10.1. The number of rotatable bonds is 8. The van der Waals surface area contributed by atoms with Gasteiger partial charge in [-0.05, 0) is 47.5 Å². The van der Waals surface area contributed by atoms with E-state index >= 15 is 0 Å². The molecule has 1 aliphatic rings. The third-order valence-corrected chi connectivity index (χ3v) is 4.42. The van der Waals surface area contributed by atoms with E-state index < -0.39 is 0 Å². The van der Waals surface area contributed by atoms with Gasteiger partial charge in [-0.2, -0.15) is 0 Å². The predicted octanol–water partition coefficient (Wildman–Crippen LogP) is 3.40. The van der Waals surface area contributed by atoms with E-state index in [2.05, 4.69) is 0 Å². The largest absolute Gasteiger partial charge is 0.504 e. The minimum Gasteiger partial charge on any atom is -0.504 e. The number of hydrogen-bond donors (Lipinski definition) is 2. The molecule has 8 heteroatoms. The van der Waals surface area contributed by atoms with Crippen LogP contribution < -0.4 is 9.47 Å². The number of ketones is 2. The summed E-state index contributed by atoms with van der Waals surface area (Å²) in [6.45, 7) is 3.11. The molecular weight excluding hydrogens is 428 g/mol. The number of methoxy groups -OCH3 is 2. The van der Waals surface area contributed by atoms with Crippen molar-refractivity contribution in [3.05, 3.63) is 59.7 Å². The van der Waals surface area contributed by atoms with Crippen LogP contribution in [0.25, 0.3) is 12.2 Å². The van der Waals surface area contributed by atoms with Crippen LogP contribution in [0.15, 0.2) is 48.6 Å². The molecule has 0 amide bonds. The number of allylic oxidation sites excluding steroid dienone is 2. The van der Waals surface area contributed by atoms with Crippen LogP contribution in [0.3, 0.4) is 0 Å². The quantitative estimate of drug-likeness (QED) is 0.459. The second-order valence-corrected chi connectivity index (χ2v) is 6.86. The minimum atomic E-state index is -0.347. The first-order valence-corrected chi connectivity index (χ1v) is 10.2. The molecule has 2 N–H and O–H groups in total. The van der Waals surface area contributed by atoms with Gasteiger partial charge in [0.15, 0.2) is 34.6 Å². The molecule has 2 aromatic carbocycles. The summed E-state index contributed by atoms with van der Waals surface area (Å²) in [6.07, 6.45) is 5.44. The third kappa shape index (κ3) is 9.18. The molecule has 0 radical (unpaired) electrons. The summed E-state index contributed by atoms with van der Waals surface area (Å²) < 4.78 is 19.9. The second-order valence-electron chi connectivity index (χ2n) is 6.86. The summed E-state index contributed by atoms with van der Waals surface area (Å²) >= 11 is 0. The van der Waals surface area contributed by atoms with Crippen LogP contribution in [0.2, 0.25) is 0 Å². The van der Waals surface area contributed by atoms with Crippen LogP contribution in [0, 0.1) is 0 Å². The number of aromatic hydroxyl groups is 2. The Labute approximate surface area is 192 Å². The Balaban J connectivity index is 0.000000554. The van der Waals surface area contributed by atoms with Crippen LogP contribution in [-0.4, -0.2) is 62.4 Å². The molecule has 0 bridgehead atoms. The van der Waals surface area contributed by atoms with Gasteiger partial charge in [-0.15, -0.1) is 0 Å². The fraction of sp³-hybridized carbons (Fsp3) is 0.280. The Hall–Kier alpha value is -3.62. The highest BCUT2D eigenvalue weighted by Crippen LogP contribution is 2.27. The van der Waals surface area contributed by atoms with Crippen molar-refractivity contribution >= 4 is 23.7 Å². The lowest BCUT2D eigenvalue weighted by Crippen LogP contribution is -2.16. The van der Waals surface area contributed by atoms with Gasteiger partial charge in [0.2, 0.25) is 0 Å². The monoisotopic (exact) mass is 456 g/mol. The Morgan fingerprint density at radius 2 is 1.18 bits per heavy atom. The first kappa shape index (κ1) is 25.6. The highest BCUT2D eigenvalue weighted by Gasteiger charge is 2.06. The molecule has 33 heavy (non-hydrogen) atoms. The average molecular weight is 456 g/mol. The Morgan fingerprint density at radius 3 is 1.52 bits per heavy atom. The zero-order chi connectivity index (χ0) is 24.1. The molecule has 0 unspecified atom stereocenters. The fourth-order valence-corrected chi connectivity index (χ4v) is 2.70. The van der Waals surface area contributed by atoms with Crippen molar-refractivity contribution in [2.24, 2.45) is 0 Å². The second kappa shape index (κ2) is 13.7. The minimum absolute atomic E-state index is 0.00662. The van der Waals surface area contributed by atoms with E-state index in [0.29, 0.717) is 22.6 Å². The average Bonchev–Trinajstić information content (AvgIpc) is 2.84. The maximum absolute atomic E-state index is 11.9. The van der Waals surface area contributed by atoms with E-state index in [1.54, 1.807) is 36.4 Å². The lowest BCUT2D eigenvalue weighted by molar-refractivity contribution is -0.121. The zero-order valence-electron chi connectivity index (χ0n) is 18.7. The Morgan fingerprint density at radius 1 is 0.788 bits per heavy atom. The molecule has 8 nitrogen and oxygen atoms in total. The van der Waals surface area contributed by atoms with Gasteiger partial charge >= 0.3 is 0 Å². The maximum Gasteiger partial charge on any atom is 0.163 e. The lowest BCUT2D eigenvalue weighted by Gasteiger charge is -2.09. The summed E-state index contributed by atoms with van der Waals surface area (Å²) in [5, 5.41) is 19.1. The summed E-state index contributed by atoms with van der Waals surface area (Å²) in [4.78, 5) is 23.9. The molecule has 1 saturated heterocycles. The van der Waals surface area contributed by atoms with Gasteiger partial charge in [-0.3, -0.25) is 9.59 Å². The van der Waals surface area contributed by atoms with Crippen molar-refractivity contribution in [3.8, 4) is 23.0 Å². The van der Waals surface area contributed by atoms with Gasteiger partial charge in [-0.1, -0.05) is 24.3 Å². The van der Waals surface area contributed by atoms with E-state index in [-0.39, 0.29) is 29.5 Å². The van der Waals surface area contributed by atoms with Gasteiger partial charge < -0.3 is 29.2 Å². The maximum atomic E-state index is 11.9. The normalized spacial score (nSPS) is 13.4. The first-order chi connectivity index (χ1) is 15.9. The third-order valence-electron chi connectivity index (χ3n) is 4.42. The highest BCUT2D eigenvalue weighted by molar-refractivity contribution is 6.10. The van der Waals surface area contributed by atoms with E-state index in [1.807, 2.05) is 0 Å². The molecule has 0 aromatic heterocycles. The molecule has 2 aromatic rings. The van der Waals surface area contributed by atoms with Crippen molar-refractivity contribution in [3.63, 3.8) is 0 Å². The van der Waals surface area contributed by atoms with Gasteiger partial charge in [-0.25, -0.2) is 0 Å². The number of hydrogen-bond acceptors (Lipinski definition) is 8. The molecular formula is C25H28O8. The van der Waals surface area contributed by atoms with Crippen molar-refractivity contribution < 1.29 is 38.7 Å².